The zero-order valence-corrected chi connectivity index (χ0v) is 13.7. The number of imide groups is 1. The molecule has 3 amide bonds. The van der Waals surface area contributed by atoms with Crippen LogP contribution in [0.4, 0.5) is 4.79 Å². The van der Waals surface area contributed by atoms with Crippen molar-refractivity contribution in [3.05, 3.63) is 70.2 Å². The quantitative estimate of drug-likeness (QED) is 0.875. The van der Waals surface area contributed by atoms with E-state index in [2.05, 4.69) is 5.32 Å². The molecule has 2 aromatic rings. The first-order valence-corrected chi connectivity index (χ1v) is 7.74. The normalized spacial score (nSPS) is 20.7. The first-order chi connectivity index (χ1) is 10.9. The van der Waals surface area contributed by atoms with E-state index in [1.54, 1.807) is 31.2 Å². The average Bonchev–Trinajstić information content (AvgIpc) is 2.74. The molecule has 0 radical (unpaired) electrons. The second-order valence-electron chi connectivity index (χ2n) is 5.91. The lowest BCUT2D eigenvalue weighted by molar-refractivity contribution is -0.131. The molecule has 1 heterocycles. The Hall–Kier alpha value is -2.33. The van der Waals surface area contributed by atoms with E-state index in [0.29, 0.717) is 10.6 Å². The second-order valence-corrected chi connectivity index (χ2v) is 6.32. The SMILES string of the molecule is Cc1ccc(CN2C(=O)N[C@@](C)(c3ccccc3Cl)C2=O)cc1. The summed E-state index contributed by atoms with van der Waals surface area (Å²) in [6.07, 6.45) is 0. The van der Waals surface area contributed by atoms with Crippen molar-refractivity contribution in [2.45, 2.75) is 25.9 Å². The van der Waals surface area contributed by atoms with E-state index in [1.807, 2.05) is 31.2 Å². The minimum atomic E-state index is -1.14. The van der Waals surface area contributed by atoms with Crippen LogP contribution in [0.2, 0.25) is 5.02 Å². The lowest BCUT2D eigenvalue weighted by Gasteiger charge is -2.23. The maximum Gasteiger partial charge on any atom is 0.325 e. The molecule has 1 aliphatic heterocycles. The smallest absolute Gasteiger partial charge is 0.319 e. The molecule has 1 fully saturated rings. The predicted octanol–water partition coefficient (Wildman–Crippen LogP) is 3.62. The lowest BCUT2D eigenvalue weighted by atomic mass is 9.92. The van der Waals surface area contributed by atoms with Crippen LogP contribution >= 0.6 is 11.6 Å². The van der Waals surface area contributed by atoms with Crippen LogP contribution in [0.1, 0.15) is 23.6 Å². The van der Waals surface area contributed by atoms with Crippen LogP contribution in [-0.4, -0.2) is 16.8 Å². The van der Waals surface area contributed by atoms with Crippen molar-refractivity contribution in [1.29, 1.82) is 0 Å². The Kier molecular flexibility index (Phi) is 3.86. The molecule has 4 nitrogen and oxygen atoms in total. The number of nitrogens with zero attached hydrogens (tertiary/aromatic N) is 1. The number of urea groups is 1. The van der Waals surface area contributed by atoms with Crippen LogP contribution in [0.15, 0.2) is 48.5 Å². The highest BCUT2D eigenvalue weighted by atomic mass is 35.5. The Morgan fingerprint density at radius 1 is 1.09 bits per heavy atom. The summed E-state index contributed by atoms with van der Waals surface area (Å²) >= 11 is 6.21. The fourth-order valence-electron chi connectivity index (χ4n) is 2.77. The number of hydrogen-bond donors (Lipinski definition) is 1. The van der Waals surface area contributed by atoms with Gasteiger partial charge in [-0.25, -0.2) is 4.79 Å². The van der Waals surface area contributed by atoms with Crippen LogP contribution in [0.5, 0.6) is 0 Å². The number of carbonyl (C=O) groups is 2. The third-order valence-electron chi connectivity index (χ3n) is 4.15. The molecule has 3 rings (SSSR count). The topological polar surface area (TPSA) is 49.4 Å². The minimum Gasteiger partial charge on any atom is -0.319 e. The number of benzene rings is 2. The summed E-state index contributed by atoms with van der Waals surface area (Å²) in [5.41, 5.74) is 1.50. The molecule has 0 aliphatic carbocycles. The molecule has 23 heavy (non-hydrogen) atoms. The fourth-order valence-corrected chi connectivity index (χ4v) is 3.09. The molecule has 1 saturated heterocycles. The molecular weight excluding hydrogens is 312 g/mol. The van der Waals surface area contributed by atoms with Gasteiger partial charge in [-0.2, -0.15) is 0 Å². The van der Waals surface area contributed by atoms with E-state index < -0.39 is 11.6 Å². The average molecular weight is 329 g/mol. The Balaban J connectivity index is 1.91. The van der Waals surface area contributed by atoms with Gasteiger partial charge in [-0.15, -0.1) is 0 Å². The second kappa shape index (κ2) is 5.70. The van der Waals surface area contributed by atoms with Crippen molar-refractivity contribution < 1.29 is 9.59 Å². The Morgan fingerprint density at radius 2 is 1.74 bits per heavy atom. The standard InChI is InChI=1S/C18H17ClN2O2/c1-12-7-9-13(10-8-12)11-21-16(22)18(2,20-17(21)23)14-5-3-4-6-15(14)19/h3-10H,11H2,1-2H3,(H,20,23)/t18-/m0/s1. The number of amides is 3. The molecular formula is C18H17ClN2O2. The molecule has 1 aliphatic rings. The first kappa shape index (κ1) is 15.6. The van der Waals surface area contributed by atoms with Crippen molar-refractivity contribution in [1.82, 2.24) is 10.2 Å². The van der Waals surface area contributed by atoms with Crippen LogP contribution in [0, 0.1) is 6.92 Å². The number of aryl methyl sites for hydroxylation is 1. The maximum atomic E-state index is 12.8. The van der Waals surface area contributed by atoms with Crippen molar-refractivity contribution in [2.24, 2.45) is 0 Å². The van der Waals surface area contributed by atoms with E-state index in [4.69, 9.17) is 11.6 Å². The summed E-state index contributed by atoms with van der Waals surface area (Å²) < 4.78 is 0. The summed E-state index contributed by atoms with van der Waals surface area (Å²) in [6.45, 7) is 3.92. The predicted molar refractivity (Wildman–Crippen MR) is 89.1 cm³/mol. The van der Waals surface area contributed by atoms with Crippen molar-refractivity contribution in [2.75, 3.05) is 0 Å². The van der Waals surface area contributed by atoms with Gasteiger partial charge in [0.25, 0.3) is 5.91 Å². The van der Waals surface area contributed by atoms with Gasteiger partial charge in [0.15, 0.2) is 0 Å². The summed E-state index contributed by atoms with van der Waals surface area (Å²) in [4.78, 5) is 26.4. The monoisotopic (exact) mass is 328 g/mol. The third kappa shape index (κ3) is 2.70. The van der Waals surface area contributed by atoms with Crippen molar-refractivity contribution >= 4 is 23.5 Å². The number of carbonyl (C=O) groups excluding carboxylic acids is 2. The minimum absolute atomic E-state index is 0.241. The zero-order chi connectivity index (χ0) is 16.6. The Bertz CT molecular complexity index is 773. The summed E-state index contributed by atoms with van der Waals surface area (Å²) in [7, 11) is 0. The molecule has 2 aromatic carbocycles. The summed E-state index contributed by atoms with van der Waals surface area (Å²) in [6, 6.07) is 14.4. The number of nitrogens with one attached hydrogen (secondary N) is 1. The Morgan fingerprint density at radius 3 is 2.39 bits per heavy atom. The van der Waals surface area contributed by atoms with Crippen LogP contribution < -0.4 is 5.32 Å². The van der Waals surface area contributed by atoms with Gasteiger partial charge in [0.2, 0.25) is 0 Å². The maximum absolute atomic E-state index is 12.8. The van der Waals surface area contributed by atoms with Gasteiger partial charge in [-0.1, -0.05) is 59.6 Å². The van der Waals surface area contributed by atoms with E-state index in [9.17, 15) is 9.59 Å². The van der Waals surface area contributed by atoms with Gasteiger partial charge >= 0.3 is 6.03 Å². The van der Waals surface area contributed by atoms with Gasteiger partial charge in [0.1, 0.15) is 5.54 Å². The molecule has 0 spiro atoms. The highest BCUT2D eigenvalue weighted by Gasteiger charge is 2.49. The van der Waals surface area contributed by atoms with Gasteiger partial charge in [-0.05, 0) is 25.5 Å². The molecule has 1 N–H and O–H groups in total. The zero-order valence-electron chi connectivity index (χ0n) is 13.0. The number of halogens is 1. The fraction of sp³-hybridized carbons (Fsp3) is 0.222. The molecule has 118 valence electrons. The van der Waals surface area contributed by atoms with E-state index >= 15 is 0 Å². The van der Waals surface area contributed by atoms with Gasteiger partial charge in [-0.3, -0.25) is 9.69 Å². The van der Waals surface area contributed by atoms with E-state index in [1.165, 1.54) is 4.90 Å². The largest absolute Gasteiger partial charge is 0.325 e. The lowest BCUT2D eigenvalue weighted by Crippen LogP contribution is -2.41. The molecule has 0 saturated carbocycles. The third-order valence-corrected chi connectivity index (χ3v) is 4.48. The Labute approximate surface area is 140 Å². The molecule has 0 bridgehead atoms. The number of rotatable bonds is 3. The first-order valence-electron chi connectivity index (χ1n) is 7.36. The molecule has 1 atom stereocenters. The van der Waals surface area contributed by atoms with Gasteiger partial charge in [0, 0.05) is 10.6 Å². The van der Waals surface area contributed by atoms with Crippen LogP contribution in [0.3, 0.4) is 0 Å². The molecule has 5 heteroatoms. The van der Waals surface area contributed by atoms with Crippen LogP contribution in [-0.2, 0) is 16.9 Å². The van der Waals surface area contributed by atoms with Gasteiger partial charge < -0.3 is 5.32 Å². The van der Waals surface area contributed by atoms with Gasteiger partial charge in [0.05, 0.1) is 6.54 Å². The molecule has 0 aromatic heterocycles. The summed E-state index contributed by atoms with van der Waals surface area (Å²) in [5, 5.41) is 3.23. The highest BCUT2D eigenvalue weighted by Crippen LogP contribution is 2.33. The molecule has 0 unspecified atom stereocenters. The van der Waals surface area contributed by atoms with E-state index in [-0.39, 0.29) is 12.5 Å². The van der Waals surface area contributed by atoms with Crippen molar-refractivity contribution in [3.8, 4) is 0 Å². The summed E-state index contributed by atoms with van der Waals surface area (Å²) in [5.74, 6) is -0.295. The van der Waals surface area contributed by atoms with Crippen LogP contribution in [0.25, 0.3) is 0 Å². The number of hydrogen-bond acceptors (Lipinski definition) is 2. The van der Waals surface area contributed by atoms with E-state index in [0.717, 1.165) is 11.1 Å². The van der Waals surface area contributed by atoms with Crippen molar-refractivity contribution in [3.63, 3.8) is 0 Å². The highest BCUT2D eigenvalue weighted by molar-refractivity contribution is 6.32.